The van der Waals surface area contributed by atoms with Crippen LogP contribution in [0.25, 0.3) is 0 Å². The second-order valence-corrected chi connectivity index (χ2v) is 1.71. The lowest BCUT2D eigenvalue weighted by Crippen LogP contribution is -2.21. The van der Waals surface area contributed by atoms with Crippen molar-refractivity contribution in [2.45, 2.75) is 6.92 Å². The molecule has 1 N–H and O–H groups in total. The van der Waals surface area contributed by atoms with Gasteiger partial charge in [-0.15, -0.1) is 0 Å². The monoisotopic (exact) mass is 114 g/mol. The molecule has 0 fully saturated rings. The van der Waals surface area contributed by atoms with Crippen LogP contribution in [0.1, 0.15) is 6.92 Å². The number of nitrogens with zero attached hydrogens (tertiary/aromatic N) is 1. The Hall–Kier alpha value is -0.700. The SMILES string of the molecule is CON1CNC=C1C. The Balaban J connectivity index is 2.46. The van der Waals surface area contributed by atoms with Crippen LogP contribution in [0, 0.1) is 0 Å². The molecule has 1 heterocycles. The molecule has 0 bridgehead atoms. The highest BCUT2D eigenvalue weighted by Gasteiger charge is 2.07. The van der Waals surface area contributed by atoms with Gasteiger partial charge in [0, 0.05) is 6.20 Å². The molecule has 0 spiro atoms. The Morgan fingerprint density at radius 1 is 1.88 bits per heavy atom. The van der Waals surface area contributed by atoms with Crippen molar-refractivity contribution in [3.63, 3.8) is 0 Å². The lowest BCUT2D eigenvalue weighted by molar-refractivity contribution is -0.0938. The van der Waals surface area contributed by atoms with Gasteiger partial charge < -0.3 is 5.32 Å². The molecule has 1 aliphatic heterocycles. The average molecular weight is 114 g/mol. The molecule has 1 rings (SSSR count). The Kier molecular flexibility index (Phi) is 1.39. The van der Waals surface area contributed by atoms with E-state index in [2.05, 4.69) is 5.32 Å². The summed E-state index contributed by atoms with van der Waals surface area (Å²) < 4.78 is 0. The van der Waals surface area contributed by atoms with E-state index < -0.39 is 0 Å². The first-order chi connectivity index (χ1) is 3.84. The van der Waals surface area contributed by atoms with Crippen LogP contribution in [0.5, 0.6) is 0 Å². The molecule has 3 nitrogen and oxygen atoms in total. The number of allylic oxidation sites excluding steroid dienone is 1. The van der Waals surface area contributed by atoms with Crippen LogP contribution in [-0.2, 0) is 4.84 Å². The molecule has 0 aromatic rings. The molecule has 1 aliphatic rings. The maximum Gasteiger partial charge on any atom is 0.113 e. The van der Waals surface area contributed by atoms with E-state index in [-0.39, 0.29) is 0 Å². The molecular weight excluding hydrogens is 104 g/mol. The summed E-state index contributed by atoms with van der Waals surface area (Å²) in [6.45, 7) is 2.76. The first-order valence-electron chi connectivity index (χ1n) is 2.56. The standard InChI is InChI=1S/C5H10N2O/c1-5-3-6-4-7(5)8-2/h3,6H,4H2,1-2H3. The summed E-state index contributed by atoms with van der Waals surface area (Å²) in [5, 5.41) is 4.79. The van der Waals surface area contributed by atoms with E-state index >= 15 is 0 Å². The van der Waals surface area contributed by atoms with Crippen molar-refractivity contribution in [1.82, 2.24) is 10.4 Å². The number of nitrogens with one attached hydrogen (secondary N) is 1. The summed E-state index contributed by atoms with van der Waals surface area (Å²) in [4.78, 5) is 4.93. The highest BCUT2D eigenvalue weighted by atomic mass is 16.7. The third-order valence-corrected chi connectivity index (χ3v) is 1.16. The van der Waals surface area contributed by atoms with Gasteiger partial charge in [-0.2, -0.15) is 0 Å². The van der Waals surface area contributed by atoms with Gasteiger partial charge in [0.15, 0.2) is 0 Å². The summed E-state index contributed by atoms with van der Waals surface area (Å²) in [6, 6.07) is 0. The van der Waals surface area contributed by atoms with Crippen molar-refractivity contribution in [3.8, 4) is 0 Å². The molecule has 0 aromatic carbocycles. The normalized spacial score (nSPS) is 18.2. The smallest absolute Gasteiger partial charge is 0.113 e. The minimum absolute atomic E-state index is 0.766. The minimum atomic E-state index is 0.766. The highest BCUT2D eigenvalue weighted by Crippen LogP contribution is 2.04. The summed E-state index contributed by atoms with van der Waals surface area (Å²) in [5.41, 5.74) is 1.12. The maximum atomic E-state index is 4.93. The quantitative estimate of drug-likeness (QED) is 0.529. The second-order valence-electron chi connectivity index (χ2n) is 1.71. The Morgan fingerprint density at radius 3 is 2.88 bits per heavy atom. The van der Waals surface area contributed by atoms with Crippen molar-refractivity contribution < 1.29 is 4.84 Å². The predicted molar refractivity (Wildman–Crippen MR) is 30.6 cm³/mol. The van der Waals surface area contributed by atoms with Crippen molar-refractivity contribution in [2.24, 2.45) is 0 Å². The average Bonchev–Trinajstić information content (AvgIpc) is 2.14. The van der Waals surface area contributed by atoms with Crippen LogP contribution in [0.3, 0.4) is 0 Å². The fraction of sp³-hybridized carbons (Fsp3) is 0.600. The van der Waals surface area contributed by atoms with Gasteiger partial charge in [0.1, 0.15) is 6.67 Å². The van der Waals surface area contributed by atoms with E-state index in [0.717, 1.165) is 12.4 Å². The van der Waals surface area contributed by atoms with Gasteiger partial charge in [-0.1, -0.05) is 0 Å². The zero-order valence-electron chi connectivity index (χ0n) is 5.14. The number of hydrogen-bond donors (Lipinski definition) is 1. The first-order valence-corrected chi connectivity index (χ1v) is 2.56. The maximum absolute atomic E-state index is 4.93. The molecule has 0 radical (unpaired) electrons. The fourth-order valence-corrected chi connectivity index (χ4v) is 0.681. The van der Waals surface area contributed by atoms with Gasteiger partial charge in [-0.25, -0.2) is 5.06 Å². The first kappa shape index (κ1) is 5.44. The summed E-state index contributed by atoms with van der Waals surface area (Å²) >= 11 is 0. The highest BCUT2D eigenvalue weighted by molar-refractivity contribution is 4.97. The van der Waals surface area contributed by atoms with Gasteiger partial charge in [0.05, 0.1) is 12.8 Å². The Morgan fingerprint density at radius 2 is 2.62 bits per heavy atom. The molecule has 0 saturated carbocycles. The van der Waals surface area contributed by atoms with E-state index in [4.69, 9.17) is 4.84 Å². The van der Waals surface area contributed by atoms with E-state index in [1.54, 1.807) is 12.2 Å². The number of rotatable bonds is 1. The fourth-order valence-electron chi connectivity index (χ4n) is 0.681. The second kappa shape index (κ2) is 2.05. The van der Waals surface area contributed by atoms with Gasteiger partial charge in [0.2, 0.25) is 0 Å². The summed E-state index contributed by atoms with van der Waals surface area (Å²) in [6.07, 6.45) is 1.92. The molecule has 0 saturated heterocycles. The third-order valence-electron chi connectivity index (χ3n) is 1.16. The zero-order chi connectivity index (χ0) is 5.98. The Bertz CT molecular complexity index is 111. The molecule has 46 valence electrons. The molecule has 3 heteroatoms. The van der Waals surface area contributed by atoms with E-state index in [9.17, 15) is 0 Å². The lowest BCUT2D eigenvalue weighted by Gasteiger charge is -2.13. The third kappa shape index (κ3) is 0.767. The van der Waals surface area contributed by atoms with Crippen LogP contribution in [-0.4, -0.2) is 18.8 Å². The van der Waals surface area contributed by atoms with Crippen LogP contribution in [0.2, 0.25) is 0 Å². The molecule has 8 heavy (non-hydrogen) atoms. The molecule has 0 atom stereocenters. The lowest BCUT2D eigenvalue weighted by atomic mass is 10.6. The molecule has 0 aliphatic carbocycles. The van der Waals surface area contributed by atoms with Crippen LogP contribution >= 0.6 is 0 Å². The van der Waals surface area contributed by atoms with E-state index in [1.807, 2.05) is 13.1 Å². The number of hydroxylamine groups is 2. The molecule has 0 aromatic heterocycles. The van der Waals surface area contributed by atoms with Gasteiger partial charge in [0.25, 0.3) is 0 Å². The topological polar surface area (TPSA) is 24.5 Å². The zero-order valence-corrected chi connectivity index (χ0v) is 5.14. The van der Waals surface area contributed by atoms with Crippen molar-refractivity contribution in [1.29, 1.82) is 0 Å². The van der Waals surface area contributed by atoms with Crippen LogP contribution in [0.15, 0.2) is 11.9 Å². The van der Waals surface area contributed by atoms with Crippen LogP contribution < -0.4 is 5.32 Å². The summed E-state index contributed by atoms with van der Waals surface area (Å²) in [5.74, 6) is 0. The summed E-state index contributed by atoms with van der Waals surface area (Å²) in [7, 11) is 1.66. The van der Waals surface area contributed by atoms with Crippen molar-refractivity contribution in [2.75, 3.05) is 13.8 Å². The van der Waals surface area contributed by atoms with Gasteiger partial charge >= 0.3 is 0 Å². The molecule has 0 amide bonds. The van der Waals surface area contributed by atoms with Crippen molar-refractivity contribution in [3.05, 3.63) is 11.9 Å². The number of hydrogen-bond acceptors (Lipinski definition) is 3. The molecule has 0 unspecified atom stereocenters. The minimum Gasteiger partial charge on any atom is -0.370 e. The van der Waals surface area contributed by atoms with Gasteiger partial charge in [-0.3, -0.25) is 4.84 Å². The van der Waals surface area contributed by atoms with E-state index in [1.165, 1.54) is 0 Å². The van der Waals surface area contributed by atoms with Gasteiger partial charge in [-0.05, 0) is 6.92 Å². The van der Waals surface area contributed by atoms with E-state index in [0.29, 0.717) is 0 Å². The molecular formula is C5H10N2O. The largest absolute Gasteiger partial charge is 0.370 e. The van der Waals surface area contributed by atoms with Crippen molar-refractivity contribution >= 4 is 0 Å². The van der Waals surface area contributed by atoms with Crippen LogP contribution in [0.4, 0.5) is 0 Å². The Labute approximate surface area is 48.9 Å². The predicted octanol–water partition coefficient (Wildman–Crippen LogP) is 0.272.